The van der Waals surface area contributed by atoms with Crippen LogP contribution in [0.4, 0.5) is 17.1 Å². The average molecular weight is 258 g/mol. The number of methoxy groups -OCH3 is 1. The van der Waals surface area contributed by atoms with Crippen LogP contribution in [0.5, 0.6) is 0 Å². The first-order valence-electron chi connectivity index (χ1n) is 5.69. The Labute approximate surface area is 110 Å². The van der Waals surface area contributed by atoms with Crippen molar-refractivity contribution in [2.75, 3.05) is 17.9 Å². The zero-order chi connectivity index (χ0) is 13.7. The van der Waals surface area contributed by atoms with Crippen LogP contribution in [0.25, 0.3) is 0 Å². The third kappa shape index (κ3) is 2.83. The quantitative estimate of drug-likeness (QED) is 0.581. The number of para-hydroxylation sites is 3. The first-order valence-corrected chi connectivity index (χ1v) is 5.69. The fourth-order valence-electron chi connectivity index (χ4n) is 1.71. The normalized spacial score (nSPS) is 9.79. The van der Waals surface area contributed by atoms with Gasteiger partial charge in [0.25, 0.3) is 0 Å². The molecule has 0 bridgehead atoms. The van der Waals surface area contributed by atoms with Gasteiger partial charge in [0.1, 0.15) is 0 Å². The van der Waals surface area contributed by atoms with E-state index in [4.69, 9.17) is 9.94 Å². The molecule has 3 N–H and O–H groups in total. The van der Waals surface area contributed by atoms with Crippen LogP contribution in [0.1, 0.15) is 10.4 Å². The minimum absolute atomic E-state index is 0.419. The predicted octanol–water partition coefficient (Wildman–Crippen LogP) is 3.02. The maximum absolute atomic E-state index is 11.7. The van der Waals surface area contributed by atoms with Gasteiger partial charge in [-0.15, -0.1) is 0 Å². The monoisotopic (exact) mass is 258 g/mol. The molecule has 0 radical (unpaired) electrons. The van der Waals surface area contributed by atoms with Gasteiger partial charge in [0.05, 0.1) is 29.7 Å². The summed E-state index contributed by atoms with van der Waals surface area (Å²) in [5, 5.41) is 12.1. The molecule has 5 nitrogen and oxygen atoms in total. The second-order valence-corrected chi connectivity index (χ2v) is 3.82. The Morgan fingerprint density at radius 3 is 2.21 bits per heavy atom. The highest BCUT2D eigenvalue weighted by Crippen LogP contribution is 2.27. The number of benzene rings is 2. The lowest BCUT2D eigenvalue weighted by Gasteiger charge is -2.13. The molecule has 0 unspecified atom stereocenters. The molecule has 2 aromatic carbocycles. The van der Waals surface area contributed by atoms with Crippen LogP contribution in [-0.4, -0.2) is 18.3 Å². The van der Waals surface area contributed by atoms with Crippen molar-refractivity contribution in [2.45, 2.75) is 0 Å². The van der Waals surface area contributed by atoms with Crippen molar-refractivity contribution in [1.82, 2.24) is 0 Å². The van der Waals surface area contributed by atoms with Crippen molar-refractivity contribution in [3.8, 4) is 0 Å². The van der Waals surface area contributed by atoms with Gasteiger partial charge in [-0.3, -0.25) is 10.7 Å². The second-order valence-electron chi connectivity index (χ2n) is 3.82. The highest BCUT2D eigenvalue weighted by molar-refractivity contribution is 5.97. The molecule has 19 heavy (non-hydrogen) atoms. The molecule has 0 saturated heterocycles. The predicted molar refractivity (Wildman–Crippen MR) is 72.9 cm³/mol. The van der Waals surface area contributed by atoms with E-state index >= 15 is 0 Å². The van der Waals surface area contributed by atoms with Gasteiger partial charge in [-0.1, -0.05) is 24.3 Å². The van der Waals surface area contributed by atoms with Gasteiger partial charge in [0, 0.05) is 0 Å². The van der Waals surface area contributed by atoms with E-state index in [9.17, 15) is 4.79 Å². The molecule has 0 heterocycles. The Bertz CT molecular complexity index is 584. The fourth-order valence-corrected chi connectivity index (χ4v) is 1.71. The largest absolute Gasteiger partial charge is 0.465 e. The molecule has 0 aliphatic carbocycles. The van der Waals surface area contributed by atoms with E-state index in [0.717, 1.165) is 0 Å². The molecule has 2 rings (SSSR count). The van der Waals surface area contributed by atoms with Crippen LogP contribution in [0.3, 0.4) is 0 Å². The van der Waals surface area contributed by atoms with Crippen LogP contribution in [0, 0.1) is 0 Å². The highest BCUT2D eigenvalue weighted by atomic mass is 16.5. The fraction of sp³-hybridized carbons (Fsp3) is 0.0714. The molecule has 0 aromatic heterocycles. The van der Waals surface area contributed by atoms with Crippen LogP contribution in [-0.2, 0) is 4.74 Å². The van der Waals surface area contributed by atoms with Crippen LogP contribution in [0.2, 0.25) is 0 Å². The van der Waals surface area contributed by atoms with E-state index in [1.54, 1.807) is 36.4 Å². The minimum Gasteiger partial charge on any atom is -0.465 e. The molecular formula is C14H14N2O3. The molecule has 0 spiro atoms. The van der Waals surface area contributed by atoms with Crippen molar-refractivity contribution in [3.63, 3.8) is 0 Å². The van der Waals surface area contributed by atoms with Gasteiger partial charge in [0.15, 0.2) is 0 Å². The topological polar surface area (TPSA) is 70.6 Å². The zero-order valence-corrected chi connectivity index (χ0v) is 10.4. The Morgan fingerprint density at radius 2 is 1.58 bits per heavy atom. The van der Waals surface area contributed by atoms with E-state index in [0.29, 0.717) is 22.6 Å². The van der Waals surface area contributed by atoms with Crippen molar-refractivity contribution in [3.05, 3.63) is 54.1 Å². The number of rotatable bonds is 4. The number of esters is 1. The van der Waals surface area contributed by atoms with Gasteiger partial charge in [-0.05, 0) is 24.3 Å². The number of ether oxygens (including phenoxy) is 1. The van der Waals surface area contributed by atoms with Gasteiger partial charge in [-0.25, -0.2) is 4.79 Å². The molecule has 0 aliphatic heterocycles. The number of carbonyl (C=O) groups is 1. The third-order valence-corrected chi connectivity index (χ3v) is 2.65. The van der Waals surface area contributed by atoms with Crippen molar-refractivity contribution in [1.29, 1.82) is 0 Å². The average Bonchev–Trinajstić information content (AvgIpc) is 2.47. The summed E-state index contributed by atoms with van der Waals surface area (Å²) >= 11 is 0. The number of nitrogens with one attached hydrogen (secondary N) is 2. The summed E-state index contributed by atoms with van der Waals surface area (Å²) in [6.07, 6.45) is 0. The molecular weight excluding hydrogens is 244 g/mol. The van der Waals surface area contributed by atoms with E-state index in [2.05, 4.69) is 10.8 Å². The lowest BCUT2D eigenvalue weighted by Crippen LogP contribution is -2.06. The minimum atomic E-state index is -0.419. The summed E-state index contributed by atoms with van der Waals surface area (Å²) in [6, 6.07) is 14.1. The van der Waals surface area contributed by atoms with E-state index < -0.39 is 5.97 Å². The first-order chi connectivity index (χ1) is 9.26. The standard InChI is InChI=1S/C14H14N2O3/c1-19-14(17)10-6-2-3-7-11(10)15-12-8-4-5-9-13(12)16-18/h2-9,15-16,18H,1H3. The van der Waals surface area contributed by atoms with Crippen molar-refractivity contribution in [2.24, 2.45) is 0 Å². The smallest absolute Gasteiger partial charge is 0.339 e. The molecule has 0 fully saturated rings. The van der Waals surface area contributed by atoms with Crippen LogP contribution in [0.15, 0.2) is 48.5 Å². The zero-order valence-electron chi connectivity index (χ0n) is 10.4. The molecule has 5 heteroatoms. The van der Waals surface area contributed by atoms with Crippen LogP contribution < -0.4 is 10.8 Å². The van der Waals surface area contributed by atoms with E-state index in [1.165, 1.54) is 7.11 Å². The summed E-state index contributed by atoms with van der Waals surface area (Å²) in [4.78, 5) is 11.7. The molecule has 98 valence electrons. The SMILES string of the molecule is COC(=O)c1ccccc1Nc1ccccc1NO. The Hall–Kier alpha value is -2.53. The third-order valence-electron chi connectivity index (χ3n) is 2.65. The van der Waals surface area contributed by atoms with Gasteiger partial charge in [0.2, 0.25) is 0 Å². The number of carbonyl (C=O) groups excluding carboxylic acids is 1. The lowest BCUT2D eigenvalue weighted by molar-refractivity contribution is 0.0602. The van der Waals surface area contributed by atoms with Crippen LogP contribution >= 0.6 is 0 Å². The number of hydrogen-bond donors (Lipinski definition) is 3. The van der Waals surface area contributed by atoms with E-state index in [1.807, 2.05) is 12.1 Å². The summed E-state index contributed by atoms with van der Waals surface area (Å²) in [5.41, 5.74) is 4.31. The molecule has 0 atom stereocenters. The van der Waals surface area contributed by atoms with Gasteiger partial charge in [-0.2, -0.15) is 0 Å². The number of hydrogen-bond acceptors (Lipinski definition) is 5. The lowest BCUT2D eigenvalue weighted by atomic mass is 10.1. The van der Waals surface area contributed by atoms with Crippen molar-refractivity contribution >= 4 is 23.0 Å². The summed E-state index contributed by atoms with van der Waals surface area (Å²) < 4.78 is 4.73. The Balaban J connectivity index is 2.36. The van der Waals surface area contributed by atoms with Gasteiger partial charge < -0.3 is 10.1 Å². The summed E-state index contributed by atoms with van der Waals surface area (Å²) in [5.74, 6) is -0.419. The maximum atomic E-state index is 11.7. The molecule has 0 amide bonds. The number of anilines is 3. The Morgan fingerprint density at radius 1 is 1.00 bits per heavy atom. The van der Waals surface area contributed by atoms with Crippen molar-refractivity contribution < 1.29 is 14.7 Å². The molecule has 2 aromatic rings. The second kappa shape index (κ2) is 5.88. The summed E-state index contributed by atoms with van der Waals surface area (Å²) in [6.45, 7) is 0. The van der Waals surface area contributed by atoms with E-state index in [-0.39, 0.29) is 0 Å². The first kappa shape index (κ1) is 12.9. The van der Waals surface area contributed by atoms with Gasteiger partial charge >= 0.3 is 5.97 Å². The summed E-state index contributed by atoms with van der Waals surface area (Å²) in [7, 11) is 1.34. The molecule has 0 aliphatic rings. The maximum Gasteiger partial charge on any atom is 0.339 e. The Kier molecular flexibility index (Phi) is 4.00. The highest BCUT2D eigenvalue weighted by Gasteiger charge is 2.11. The molecule has 0 saturated carbocycles.